The van der Waals surface area contributed by atoms with E-state index in [4.69, 9.17) is 29.8 Å². The zero-order valence-corrected chi connectivity index (χ0v) is 20.3. The SMILES string of the molecule is CC[C@@]1(O)C(=O)OCc2c1cc1n(c2=O)Cc2c-1nc1cc3c(cc1c2/C=N/OCNC(=O)CN)OCO3. The topological polar surface area (TPSA) is 177 Å². The molecular formula is C25H23N5O8. The van der Waals surface area contributed by atoms with Crippen molar-refractivity contribution in [1.82, 2.24) is 14.9 Å². The smallest absolute Gasteiger partial charge is 0.343 e. The Bertz CT molecular complexity index is 1610. The van der Waals surface area contributed by atoms with Crippen LogP contribution in [0.4, 0.5) is 0 Å². The van der Waals surface area contributed by atoms with E-state index in [0.29, 0.717) is 44.9 Å². The lowest BCUT2D eigenvalue weighted by Crippen LogP contribution is -2.44. The summed E-state index contributed by atoms with van der Waals surface area (Å²) >= 11 is 0. The van der Waals surface area contributed by atoms with Crippen molar-refractivity contribution in [3.8, 4) is 22.9 Å². The van der Waals surface area contributed by atoms with Gasteiger partial charge in [-0.05, 0) is 18.6 Å². The standard InChI is InChI=1S/C25H23N5O8/c1-2-25(34)16-4-18-22-14(8-30(18)23(32)15(16)9-35-24(25)33)13(7-28-38-10-27-21(31)6-26)12-3-19-20(37-11-36-19)5-17(12)29-22/h3-5,7,34H,2,6,8-11,26H2,1H3,(H,27,31)/b28-7+/t25-/m0/s1. The number of nitrogens with zero attached hydrogens (tertiary/aromatic N) is 3. The van der Waals surface area contributed by atoms with Gasteiger partial charge in [-0.3, -0.25) is 9.59 Å². The zero-order chi connectivity index (χ0) is 26.6. The van der Waals surface area contributed by atoms with Gasteiger partial charge in [0, 0.05) is 28.1 Å². The molecule has 0 unspecified atom stereocenters. The highest BCUT2D eigenvalue weighted by Crippen LogP contribution is 2.42. The summed E-state index contributed by atoms with van der Waals surface area (Å²) in [4.78, 5) is 47.4. The Morgan fingerprint density at radius 3 is 2.82 bits per heavy atom. The number of aromatic nitrogens is 2. The van der Waals surface area contributed by atoms with Crippen molar-refractivity contribution in [2.45, 2.75) is 32.1 Å². The Morgan fingerprint density at radius 2 is 2.05 bits per heavy atom. The van der Waals surface area contributed by atoms with E-state index < -0.39 is 17.5 Å². The monoisotopic (exact) mass is 521 g/mol. The second-order valence-corrected chi connectivity index (χ2v) is 8.99. The number of benzene rings is 1. The first-order valence-corrected chi connectivity index (χ1v) is 11.9. The fourth-order valence-corrected chi connectivity index (χ4v) is 4.96. The van der Waals surface area contributed by atoms with Crippen LogP contribution >= 0.6 is 0 Å². The Labute approximate surface area is 214 Å². The summed E-state index contributed by atoms with van der Waals surface area (Å²) in [6, 6.07) is 5.15. The first-order chi connectivity index (χ1) is 18.4. The summed E-state index contributed by atoms with van der Waals surface area (Å²) in [5.74, 6) is -0.119. The van der Waals surface area contributed by atoms with E-state index in [9.17, 15) is 19.5 Å². The number of rotatable bonds is 6. The first-order valence-electron chi connectivity index (χ1n) is 11.9. The quantitative estimate of drug-likeness (QED) is 0.104. The van der Waals surface area contributed by atoms with Gasteiger partial charge >= 0.3 is 5.97 Å². The number of amides is 1. The molecule has 0 radical (unpaired) electrons. The minimum absolute atomic E-state index is 0.0408. The lowest BCUT2D eigenvalue weighted by molar-refractivity contribution is -0.172. The number of aliphatic hydroxyl groups is 1. The lowest BCUT2D eigenvalue weighted by Gasteiger charge is -2.31. The minimum Gasteiger partial charge on any atom is -0.458 e. The van der Waals surface area contributed by atoms with Gasteiger partial charge < -0.3 is 39.8 Å². The molecule has 0 fully saturated rings. The maximum absolute atomic E-state index is 13.5. The molecule has 13 heteroatoms. The Morgan fingerprint density at radius 1 is 1.26 bits per heavy atom. The third-order valence-corrected chi connectivity index (χ3v) is 7.00. The maximum Gasteiger partial charge on any atom is 0.343 e. The third-order valence-electron chi connectivity index (χ3n) is 7.00. The number of pyridine rings is 2. The fraction of sp³-hybridized carbons (Fsp3) is 0.320. The number of ether oxygens (including phenoxy) is 3. The highest BCUT2D eigenvalue weighted by atomic mass is 16.7. The molecule has 3 aromatic rings. The highest BCUT2D eigenvalue weighted by Gasteiger charge is 2.45. The first kappa shape index (κ1) is 23.9. The maximum atomic E-state index is 13.5. The molecule has 196 valence electrons. The number of oxime groups is 1. The van der Waals surface area contributed by atoms with Crippen LogP contribution < -0.4 is 26.1 Å². The predicted molar refractivity (Wildman–Crippen MR) is 131 cm³/mol. The van der Waals surface area contributed by atoms with E-state index in [-0.39, 0.29) is 56.3 Å². The van der Waals surface area contributed by atoms with Gasteiger partial charge in [-0.25, -0.2) is 9.78 Å². The van der Waals surface area contributed by atoms with Crippen LogP contribution in [0.5, 0.6) is 11.5 Å². The number of fused-ring (bicyclic) bond motifs is 6. The van der Waals surface area contributed by atoms with Crippen LogP contribution in [0, 0.1) is 0 Å². The number of nitrogens with one attached hydrogen (secondary N) is 1. The number of cyclic esters (lactones) is 1. The van der Waals surface area contributed by atoms with Gasteiger partial charge in [0.05, 0.1) is 41.8 Å². The van der Waals surface area contributed by atoms with Crippen LogP contribution in [-0.4, -0.2) is 52.8 Å². The molecule has 13 nitrogen and oxygen atoms in total. The van der Waals surface area contributed by atoms with E-state index in [1.165, 1.54) is 10.8 Å². The summed E-state index contributed by atoms with van der Waals surface area (Å²) in [7, 11) is 0. The average Bonchev–Trinajstić information content (AvgIpc) is 3.53. The van der Waals surface area contributed by atoms with Gasteiger partial charge in [-0.2, -0.15) is 0 Å². The van der Waals surface area contributed by atoms with E-state index in [0.717, 1.165) is 0 Å². The number of hydrogen-bond donors (Lipinski definition) is 3. The normalized spacial score (nSPS) is 18.8. The molecule has 6 rings (SSSR count). The minimum atomic E-state index is -1.93. The van der Waals surface area contributed by atoms with Gasteiger partial charge in [0.15, 0.2) is 23.8 Å². The summed E-state index contributed by atoms with van der Waals surface area (Å²) in [5.41, 5.74) is 6.21. The molecule has 1 aromatic carbocycles. The Balaban J connectivity index is 1.51. The summed E-state index contributed by atoms with van der Waals surface area (Å²) in [5, 5.41) is 18.3. The number of esters is 1. The molecule has 38 heavy (non-hydrogen) atoms. The molecular weight excluding hydrogens is 498 g/mol. The van der Waals surface area contributed by atoms with Crippen LogP contribution in [0.3, 0.4) is 0 Å². The van der Waals surface area contributed by atoms with Crippen molar-refractivity contribution in [3.63, 3.8) is 0 Å². The van der Waals surface area contributed by atoms with Crippen molar-refractivity contribution < 1.29 is 33.7 Å². The van der Waals surface area contributed by atoms with E-state index in [2.05, 4.69) is 10.5 Å². The summed E-state index contributed by atoms with van der Waals surface area (Å²) < 4.78 is 17.7. The zero-order valence-electron chi connectivity index (χ0n) is 20.3. The van der Waals surface area contributed by atoms with E-state index in [1.807, 2.05) is 0 Å². The van der Waals surface area contributed by atoms with Crippen LogP contribution in [0.1, 0.15) is 35.6 Å². The van der Waals surface area contributed by atoms with Crippen LogP contribution in [0.15, 0.2) is 28.1 Å². The predicted octanol–water partition coefficient (Wildman–Crippen LogP) is 0.191. The van der Waals surface area contributed by atoms with Gasteiger partial charge in [0.2, 0.25) is 12.7 Å². The fourth-order valence-electron chi connectivity index (χ4n) is 4.96. The molecule has 0 bridgehead atoms. The van der Waals surface area contributed by atoms with Crippen molar-refractivity contribution in [3.05, 3.63) is 50.8 Å². The Hall–Kier alpha value is -4.49. The lowest BCUT2D eigenvalue weighted by atomic mass is 9.86. The van der Waals surface area contributed by atoms with Crippen LogP contribution in [0.25, 0.3) is 22.3 Å². The van der Waals surface area contributed by atoms with Crippen LogP contribution in [0.2, 0.25) is 0 Å². The molecule has 0 saturated carbocycles. The largest absolute Gasteiger partial charge is 0.458 e. The highest BCUT2D eigenvalue weighted by molar-refractivity contribution is 6.03. The number of carbonyl (C=O) groups excluding carboxylic acids is 2. The molecule has 1 atom stereocenters. The second kappa shape index (κ2) is 8.82. The molecule has 0 spiro atoms. The average molecular weight is 521 g/mol. The number of hydrogen-bond acceptors (Lipinski definition) is 11. The second-order valence-electron chi connectivity index (χ2n) is 8.99. The van der Waals surface area contributed by atoms with Crippen LogP contribution in [-0.2, 0) is 37.9 Å². The molecule has 4 N–H and O–H groups in total. The van der Waals surface area contributed by atoms with Crippen molar-refractivity contribution in [2.24, 2.45) is 10.9 Å². The number of carbonyl (C=O) groups is 2. The molecule has 3 aliphatic heterocycles. The van der Waals surface area contributed by atoms with Gasteiger partial charge in [-0.1, -0.05) is 12.1 Å². The van der Waals surface area contributed by atoms with Gasteiger partial charge in [-0.15, -0.1) is 0 Å². The third kappa shape index (κ3) is 3.50. The molecule has 0 saturated heterocycles. The van der Waals surface area contributed by atoms with Gasteiger partial charge in [0.1, 0.15) is 6.61 Å². The van der Waals surface area contributed by atoms with E-state index >= 15 is 0 Å². The van der Waals surface area contributed by atoms with Crippen molar-refractivity contribution in [2.75, 3.05) is 20.1 Å². The van der Waals surface area contributed by atoms with Crippen molar-refractivity contribution in [1.29, 1.82) is 0 Å². The summed E-state index contributed by atoms with van der Waals surface area (Å²) in [6.07, 6.45) is 1.52. The molecule has 2 aromatic heterocycles. The number of nitrogens with two attached hydrogens (primary N) is 1. The van der Waals surface area contributed by atoms with Crippen molar-refractivity contribution >= 4 is 29.0 Å². The van der Waals surface area contributed by atoms with E-state index in [1.54, 1.807) is 25.1 Å². The Kier molecular flexibility index (Phi) is 5.54. The molecule has 3 aliphatic rings. The molecule has 0 aliphatic carbocycles. The molecule has 5 heterocycles. The summed E-state index contributed by atoms with van der Waals surface area (Å²) in [6.45, 7) is 1.31. The molecule has 1 amide bonds. The van der Waals surface area contributed by atoms with Gasteiger partial charge in [0.25, 0.3) is 5.56 Å².